The van der Waals surface area contributed by atoms with Gasteiger partial charge in [-0.2, -0.15) is 0 Å². The number of nitrogens with zero attached hydrogens (tertiary/aromatic N) is 3. The van der Waals surface area contributed by atoms with Gasteiger partial charge in [0.2, 0.25) is 0 Å². The van der Waals surface area contributed by atoms with E-state index >= 15 is 0 Å². The number of anilines is 2. The molecule has 1 fully saturated rings. The van der Waals surface area contributed by atoms with Crippen LogP contribution in [0.25, 0.3) is 11.2 Å². The van der Waals surface area contributed by atoms with Gasteiger partial charge in [-0.1, -0.05) is 0 Å². The zero-order valence-corrected chi connectivity index (χ0v) is 19.9. The summed E-state index contributed by atoms with van der Waals surface area (Å²) in [4.78, 5) is 31.1. The lowest BCUT2D eigenvalue weighted by Crippen LogP contribution is -2.21. The van der Waals surface area contributed by atoms with Crippen molar-refractivity contribution in [2.45, 2.75) is 33.6 Å². The number of aryl methyl sites for hydroxylation is 2. The molecule has 3 heterocycles. The first kappa shape index (κ1) is 22.8. The molecule has 3 aromatic rings. The van der Waals surface area contributed by atoms with Crippen molar-refractivity contribution in [2.24, 2.45) is 0 Å². The Morgan fingerprint density at radius 2 is 1.97 bits per heavy atom. The predicted octanol–water partition coefficient (Wildman–Crippen LogP) is 4.65. The zero-order valence-electron chi connectivity index (χ0n) is 19.1. The van der Waals surface area contributed by atoms with E-state index in [0.717, 1.165) is 46.4 Å². The highest BCUT2D eigenvalue weighted by atomic mass is 32.1. The van der Waals surface area contributed by atoms with Crippen molar-refractivity contribution in [3.63, 3.8) is 0 Å². The van der Waals surface area contributed by atoms with Gasteiger partial charge in [-0.05, 0) is 75.1 Å². The lowest BCUT2D eigenvalue weighted by molar-refractivity contribution is -0.142. The van der Waals surface area contributed by atoms with Crippen LogP contribution >= 0.6 is 11.3 Å². The fraction of sp³-hybridized carbons (Fsp3) is 0.320. The molecule has 0 spiro atoms. The second-order valence-electron chi connectivity index (χ2n) is 8.16. The first-order valence-electron chi connectivity index (χ1n) is 11.0. The van der Waals surface area contributed by atoms with Crippen LogP contribution in [0.3, 0.4) is 0 Å². The molecule has 0 atom stereocenters. The molecule has 1 aromatic carbocycles. The number of hydrogen-bond donors (Lipinski definition) is 1. The predicted molar refractivity (Wildman–Crippen MR) is 132 cm³/mol. The molecule has 0 aliphatic carbocycles. The minimum absolute atomic E-state index is 0.339. The van der Waals surface area contributed by atoms with E-state index in [2.05, 4.69) is 21.3 Å². The average Bonchev–Trinajstić information content (AvgIpc) is 3.55. The van der Waals surface area contributed by atoms with Gasteiger partial charge < -0.3 is 15.0 Å². The fourth-order valence-electron chi connectivity index (χ4n) is 4.07. The van der Waals surface area contributed by atoms with Gasteiger partial charge in [0.1, 0.15) is 0 Å². The average molecular weight is 465 g/mol. The lowest BCUT2D eigenvalue weighted by Gasteiger charge is -2.19. The summed E-state index contributed by atoms with van der Waals surface area (Å²) < 4.78 is 7.17. The number of aromatic nitrogens is 2. The first-order chi connectivity index (χ1) is 15.9. The Hall–Kier alpha value is -3.39. The van der Waals surface area contributed by atoms with Crippen LogP contribution in [0, 0.1) is 20.8 Å². The molecule has 1 N–H and O–H groups in total. The molecule has 33 heavy (non-hydrogen) atoms. The monoisotopic (exact) mass is 464 g/mol. The van der Waals surface area contributed by atoms with Gasteiger partial charge in [0.05, 0.1) is 0 Å². The molecule has 2 aromatic heterocycles. The van der Waals surface area contributed by atoms with E-state index < -0.39 is 5.97 Å². The Bertz CT molecular complexity index is 1170. The van der Waals surface area contributed by atoms with Crippen molar-refractivity contribution in [1.82, 2.24) is 9.55 Å². The molecule has 1 aliphatic heterocycles. The molecule has 7 nitrogen and oxygen atoms in total. The summed E-state index contributed by atoms with van der Waals surface area (Å²) in [5.74, 6) is -0.930. The summed E-state index contributed by atoms with van der Waals surface area (Å²) >= 11 is 1.55. The highest BCUT2D eigenvalue weighted by molar-refractivity contribution is 7.12. The van der Waals surface area contributed by atoms with Gasteiger partial charge in [-0.3, -0.25) is 9.36 Å². The summed E-state index contributed by atoms with van der Waals surface area (Å²) in [6.45, 7) is 7.74. The van der Waals surface area contributed by atoms with E-state index in [1.54, 1.807) is 23.6 Å². The molecule has 0 saturated carbocycles. The second-order valence-corrected chi connectivity index (χ2v) is 9.03. The third kappa shape index (κ3) is 5.34. The van der Waals surface area contributed by atoms with E-state index in [9.17, 15) is 9.59 Å². The van der Waals surface area contributed by atoms with E-state index in [0.29, 0.717) is 0 Å². The molecule has 0 unspecified atom stereocenters. The van der Waals surface area contributed by atoms with Crippen LogP contribution in [0.5, 0.6) is 0 Å². The van der Waals surface area contributed by atoms with Crippen LogP contribution in [0.15, 0.2) is 41.9 Å². The molecular formula is C25H28N4O3S. The molecular weight excluding hydrogens is 436 g/mol. The number of carbonyl (C=O) groups excluding carboxylic acids is 2. The third-order valence-corrected chi connectivity index (χ3v) is 6.54. The smallest absolute Gasteiger partial charge is 0.331 e. The Balaban J connectivity index is 1.31. The van der Waals surface area contributed by atoms with Gasteiger partial charge in [-0.25, -0.2) is 9.78 Å². The molecule has 0 bridgehead atoms. The quantitative estimate of drug-likeness (QED) is 0.407. The molecule has 1 amide bonds. The van der Waals surface area contributed by atoms with E-state index in [1.165, 1.54) is 24.6 Å². The van der Waals surface area contributed by atoms with Crippen LogP contribution in [-0.4, -0.2) is 41.1 Å². The number of hydrogen-bond acceptors (Lipinski definition) is 6. The Morgan fingerprint density at radius 3 is 2.67 bits per heavy atom. The second kappa shape index (κ2) is 10.0. The first-order valence-corrected chi connectivity index (χ1v) is 11.9. The zero-order chi connectivity index (χ0) is 23.4. The van der Waals surface area contributed by atoms with Crippen molar-refractivity contribution in [1.29, 1.82) is 0 Å². The Morgan fingerprint density at radius 1 is 1.18 bits per heavy atom. The third-order valence-electron chi connectivity index (χ3n) is 5.78. The fourth-order valence-corrected chi connectivity index (χ4v) is 4.82. The van der Waals surface area contributed by atoms with Gasteiger partial charge >= 0.3 is 5.97 Å². The molecule has 0 radical (unpaired) electrons. The number of rotatable bonds is 7. The van der Waals surface area contributed by atoms with Gasteiger partial charge in [-0.15, -0.1) is 11.3 Å². The highest BCUT2D eigenvalue weighted by Gasteiger charge is 2.14. The van der Waals surface area contributed by atoms with Crippen molar-refractivity contribution in [2.75, 3.05) is 29.9 Å². The van der Waals surface area contributed by atoms with Crippen molar-refractivity contribution in [3.8, 4) is 5.13 Å². The van der Waals surface area contributed by atoms with Crippen molar-refractivity contribution >= 4 is 40.7 Å². The summed E-state index contributed by atoms with van der Waals surface area (Å²) in [6.07, 6.45) is 7.24. The van der Waals surface area contributed by atoms with E-state index in [1.807, 2.05) is 48.9 Å². The maximum Gasteiger partial charge on any atom is 0.331 e. The van der Waals surface area contributed by atoms with Crippen LogP contribution in [0.1, 0.15) is 35.4 Å². The lowest BCUT2D eigenvalue weighted by atomic mass is 10.1. The summed E-state index contributed by atoms with van der Waals surface area (Å²) in [7, 11) is 0. The van der Waals surface area contributed by atoms with Crippen LogP contribution in [-0.2, 0) is 14.3 Å². The number of esters is 1. The minimum atomic E-state index is -0.565. The van der Waals surface area contributed by atoms with Crippen molar-refractivity contribution < 1.29 is 14.3 Å². The number of thiazole rings is 1. The maximum atomic E-state index is 12.3. The normalized spacial score (nSPS) is 13.6. The van der Waals surface area contributed by atoms with Crippen LogP contribution in [0.4, 0.5) is 11.4 Å². The largest absolute Gasteiger partial charge is 0.452 e. The number of nitrogens with one attached hydrogen (secondary N) is 1. The molecule has 1 saturated heterocycles. The number of ether oxygens (including phenoxy) is 1. The molecule has 8 heteroatoms. The molecule has 4 rings (SSSR count). The SMILES string of the molecule is Cc1cc(N2CCCC2)ccc1NC(=O)COC(=O)/C=C/c1cc(C)n(-c2nccs2)c1C. The number of amides is 1. The summed E-state index contributed by atoms with van der Waals surface area (Å²) in [5.41, 5.74) is 5.79. The van der Waals surface area contributed by atoms with Crippen molar-refractivity contribution in [3.05, 3.63) is 64.4 Å². The summed E-state index contributed by atoms with van der Waals surface area (Å²) in [5, 5.41) is 5.63. The number of benzene rings is 1. The van der Waals surface area contributed by atoms with Gasteiger partial charge in [0.15, 0.2) is 11.7 Å². The van der Waals surface area contributed by atoms with E-state index in [4.69, 9.17) is 4.74 Å². The van der Waals surface area contributed by atoms with Gasteiger partial charge in [0, 0.05) is 53.5 Å². The number of carbonyl (C=O) groups is 2. The molecule has 1 aliphatic rings. The Kier molecular flexibility index (Phi) is 6.93. The standard InChI is InChI=1S/C25H28N4O3S/c1-17-14-21(28-11-4-5-12-28)7-8-22(17)27-23(30)16-32-24(31)9-6-20-15-18(2)29(19(20)3)25-26-10-13-33-25/h6-10,13-15H,4-5,11-12,16H2,1-3H3,(H,27,30)/b9-6+. The molecule has 172 valence electrons. The van der Waals surface area contributed by atoms with Crippen LogP contribution in [0.2, 0.25) is 0 Å². The summed E-state index contributed by atoms with van der Waals surface area (Å²) in [6, 6.07) is 7.99. The topological polar surface area (TPSA) is 76.5 Å². The van der Waals surface area contributed by atoms with Gasteiger partial charge in [0.25, 0.3) is 5.91 Å². The minimum Gasteiger partial charge on any atom is -0.452 e. The highest BCUT2D eigenvalue weighted by Crippen LogP contribution is 2.26. The Labute approximate surface area is 197 Å². The van der Waals surface area contributed by atoms with Crippen LogP contribution < -0.4 is 10.2 Å². The van der Waals surface area contributed by atoms with E-state index in [-0.39, 0.29) is 12.5 Å². The maximum absolute atomic E-state index is 12.3.